The quantitative estimate of drug-likeness (QED) is 0.854. The van der Waals surface area contributed by atoms with Crippen LogP contribution in [0.2, 0.25) is 0 Å². The van der Waals surface area contributed by atoms with Crippen LogP contribution in [0.5, 0.6) is 0 Å². The summed E-state index contributed by atoms with van der Waals surface area (Å²) in [6.07, 6.45) is -5.15. The minimum atomic E-state index is -4.17. The summed E-state index contributed by atoms with van der Waals surface area (Å²) in [5.74, 6) is -0.377. The van der Waals surface area contributed by atoms with Gasteiger partial charge in [-0.15, -0.1) is 0 Å². The molecule has 0 aromatic heterocycles. The summed E-state index contributed by atoms with van der Waals surface area (Å²) in [4.78, 5) is 11.0. The maximum Gasteiger partial charge on any atom is 0.389 e. The van der Waals surface area contributed by atoms with Gasteiger partial charge in [0, 0.05) is 12.1 Å². The lowest BCUT2D eigenvalue weighted by molar-refractivity contribution is -0.134. The number of aryl methyl sites for hydroxylation is 1. The van der Waals surface area contributed by atoms with Crippen LogP contribution in [0.3, 0.4) is 0 Å². The van der Waals surface area contributed by atoms with Crippen molar-refractivity contribution in [1.82, 2.24) is 0 Å². The number of carbonyl (C=O) groups excluding carboxylic acids is 1. The lowest BCUT2D eigenvalue weighted by Crippen LogP contribution is -2.21. The molecule has 0 spiro atoms. The zero-order valence-corrected chi connectivity index (χ0v) is 9.05. The molecule has 0 aliphatic carbocycles. The highest BCUT2D eigenvalue weighted by Gasteiger charge is 2.26. The minimum absolute atomic E-state index is 0.101. The molecule has 6 heteroatoms. The second kappa shape index (κ2) is 5.67. The lowest BCUT2D eigenvalue weighted by atomic mass is 10.1. The number of carbonyl (C=O) groups is 1. The first-order valence-electron chi connectivity index (χ1n) is 5.06. The summed E-state index contributed by atoms with van der Waals surface area (Å²) in [5, 5.41) is 2.48. The van der Waals surface area contributed by atoms with E-state index in [1.54, 1.807) is 18.2 Å². The van der Waals surface area contributed by atoms with E-state index in [4.69, 9.17) is 5.73 Å². The van der Waals surface area contributed by atoms with Gasteiger partial charge in [-0.25, -0.2) is 0 Å². The van der Waals surface area contributed by atoms with Gasteiger partial charge >= 0.3 is 6.18 Å². The van der Waals surface area contributed by atoms with Gasteiger partial charge in [-0.05, 0) is 24.1 Å². The SMILES string of the molecule is NCC(=O)Nc1cccc(CCC(F)(F)F)c1. The fraction of sp³-hybridized carbons (Fsp3) is 0.364. The summed E-state index contributed by atoms with van der Waals surface area (Å²) >= 11 is 0. The molecule has 0 bridgehead atoms. The fourth-order valence-corrected chi connectivity index (χ4v) is 1.30. The number of amides is 1. The molecule has 1 rings (SSSR count). The Morgan fingerprint density at radius 3 is 2.65 bits per heavy atom. The molecular formula is C11H13F3N2O. The third-order valence-corrected chi connectivity index (χ3v) is 2.09. The first-order chi connectivity index (χ1) is 7.90. The Labute approximate surface area is 96.8 Å². The van der Waals surface area contributed by atoms with E-state index in [2.05, 4.69) is 5.32 Å². The molecule has 0 fully saturated rings. The Bertz CT molecular complexity index is 391. The summed E-state index contributed by atoms with van der Waals surface area (Å²) in [6.45, 7) is -0.160. The van der Waals surface area contributed by atoms with E-state index < -0.39 is 12.6 Å². The standard InChI is InChI=1S/C11H13F3N2O/c12-11(13,14)5-4-8-2-1-3-9(6-8)16-10(17)7-15/h1-3,6H,4-5,7,15H2,(H,16,17). The first kappa shape index (κ1) is 13.5. The fourth-order valence-electron chi connectivity index (χ4n) is 1.30. The van der Waals surface area contributed by atoms with Crippen molar-refractivity contribution in [3.63, 3.8) is 0 Å². The van der Waals surface area contributed by atoms with Crippen molar-refractivity contribution >= 4 is 11.6 Å². The van der Waals surface area contributed by atoms with Gasteiger partial charge in [-0.3, -0.25) is 4.79 Å². The monoisotopic (exact) mass is 246 g/mol. The predicted octanol–water partition coefficient (Wildman–Crippen LogP) is 2.08. The van der Waals surface area contributed by atoms with Gasteiger partial charge in [0.15, 0.2) is 0 Å². The molecule has 1 aromatic carbocycles. The van der Waals surface area contributed by atoms with Gasteiger partial charge in [0.2, 0.25) is 5.91 Å². The Balaban J connectivity index is 2.63. The van der Waals surface area contributed by atoms with Crippen molar-refractivity contribution in [3.05, 3.63) is 29.8 Å². The summed E-state index contributed by atoms with van der Waals surface area (Å²) in [6, 6.07) is 6.30. The number of nitrogens with two attached hydrogens (primary N) is 1. The third-order valence-electron chi connectivity index (χ3n) is 2.09. The second-order valence-electron chi connectivity index (χ2n) is 3.57. The highest BCUT2D eigenvalue weighted by Crippen LogP contribution is 2.22. The molecule has 0 aliphatic rings. The Morgan fingerprint density at radius 1 is 1.35 bits per heavy atom. The molecule has 0 radical (unpaired) electrons. The number of benzene rings is 1. The predicted molar refractivity (Wildman–Crippen MR) is 58.5 cm³/mol. The van der Waals surface area contributed by atoms with Gasteiger partial charge in [0.05, 0.1) is 6.54 Å². The van der Waals surface area contributed by atoms with Crippen molar-refractivity contribution in [2.45, 2.75) is 19.0 Å². The number of anilines is 1. The molecule has 1 aromatic rings. The summed E-state index contributed by atoms with van der Waals surface area (Å²) in [7, 11) is 0. The van der Waals surface area contributed by atoms with Gasteiger partial charge in [0.1, 0.15) is 0 Å². The highest BCUT2D eigenvalue weighted by molar-refractivity contribution is 5.92. The van der Waals surface area contributed by atoms with Crippen LogP contribution in [0.15, 0.2) is 24.3 Å². The van der Waals surface area contributed by atoms with Crippen LogP contribution in [0.25, 0.3) is 0 Å². The topological polar surface area (TPSA) is 55.1 Å². The number of alkyl halides is 3. The molecule has 3 nitrogen and oxygen atoms in total. The number of halogens is 3. The summed E-state index contributed by atoms with van der Waals surface area (Å²) < 4.78 is 36.1. The number of hydrogen-bond donors (Lipinski definition) is 2. The van der Waals surface area contributed by atoms with Crippen LogP contribution in [-0.2, 0) is 11.2 Å². The smallest absolute Gasteiger partial charge is 0.325 e. The molecule has 0 saturated carbocycles. The average Bonchev–Trinajstić information content (AvgIpc) is 2.26. The molecule has 0 aliphatic heterocycles. The maximum absolute atomic E-state index is 12.0. The van der Waals surface area contributed by atoms with E-state index in [0.717, 1.165) is 0 Å². The van der Waals surface area contributed by atoms with Gasteiger partial charge in [-0.2, -0.15) is 13.2 Å². The van der Waals surface area contributed by atoms with Gasteiger partial charge in [0.25, 0.3) is 0 Å². The first-order valence-corrected chi connectivity index (χ1v) is 5.06. The molecule has 94 valence electrons. The number of nitrogens with one attached hydrogen (secondary N) is 1. The van der Waals surface area contributed by atoms with Gasteiger partial charge in [-0.1, -0.05) is 12.1 Å². The van der Waals surface area contributed by atoms with Crippen molar-refractivity contribution in [1.29, 1.82) is 0 Å². The molecular weight excluding hydrogens is 233 g/mol. The second-order valence-corrected chi connectivity index (χ2v) is 3.57. The van der Waals surface area contributed by atoms with Crippen LogP contribution < -0.4 is 11.1 Å². The molecule has 0 unspecified atom stereocenters. The minimum Gasteiger partial charge on any atom is -0.325 e. The van der Waals surface area contributed by atoms with Crippen molar-refractivity contribution < 1.29 is 18.0 Å². The average molecular weight is 246 g/mol. The Morgan fingerprint density at radius 2 is 2.06 bits per heavy atom. The van der Waals surface area contributed by atoms with Crippen molar-refractivity contribution in [3.8, 4) is 0 Å². The van der Waals surface area contributed by atoms with Crippen LogP contribution in [0, 0.1) is 0 Å². The van der Waals surface area contributed by atoms with E-state index in [1.807, 2.05) is 0 Å². The Kier molecular flexibility index (Phi) is 4.51. The van der Waals surface area contributed by atoms with Crippen molar-refractivity contribution in [2.24, 2.45) is 5.73 Å². The lowest BCUT2D eigenvalue weighted by Gasteiger charge is -2.08. The Hall–Kier alpha value is -1.56. The normalized spacial score (nSPS) is 11.3. The number of hydrogen-bond acceptors (Lipinski definition) is 2. The van der Waals surface area contributed by atoms with E-state index in [0.29, 0.717) is 11.3 Å². The van der Waals surface area contributed by atoms with E-state index in [9.17, 15) is 18.0 Å². The van der Waals surface area contributed by atoms with Crippen molar-refractivity contribution in [2.75, 3.05) is 11.9 Å². The van der Waals surface area contributed by atoms with Crippen LogP contribution in [0.4, 0.5) is 18.9 Å². The third kappa shape index (κ3) is 5.35. The summed E-state index contributed by atoms with van der Waals surface area (Å²) in [5.41, 5.74) is 6.10. The van der Waals surface area contributed by atoms with Crippen LogP contribution >= 0.6 is 0 Å². The van der Waals surface area contributed by atoms with E-state index in [1.165, 1.54) is 6.07 Å². The zero-order chi connectivity index (χ0) is 12.9. The molecule has 0 saturated heterocycles. The molecule has 0 atom stereocenters. The molecule has 0 heterocycles. The molecule has 17 heavy (non-hydrogen) atoms. The number of rotatable bonds is 4. The zero-order valence-electron chi connectivity index (χ0n) is 9.05. The maximum atomic E-state index is 12.0. The largest absolute Gasteiger partial charge is 0.389 e. The van der Waals surface area contributed by atoms with Crippen LogP contribution in [0.1, 0.15) is 12.0 Å². The van der Waals surface area contributed by atoms with E-state index in [-0.39, 0.29) is 18.9 Å². The highest BCUT2D eigenvalue weighted by atomic mass is 19.4. The van der Waals surface area contributed by atoms with E-state index >= 15 is 0 Å². The molecule has 3 N–H and O–H groups in total. The van der Waals surface area contributed by atoms with Gasteiger partial charge < -0.3 is 11.1 Å². The van der Waals surface area contributed by atoms with Crippen LogP contribution in [-0.4, -0.2) is 18.6 Å². The molecule has 1 amide bonds.